The minimum Gasteiger partial charge on any atom is -0.473 e. The van der Waals surface area contributed by atoms with Gasteiger partial charge in [0.1, 0.15) is 0 Å². The molecule has 0 atom stereocenters. The maximum atomic E-state index is 10.6. The van der Waals surface area contributed by atoms with Crippen LogP contribution < -0.4 is 4.74 Å². The van der Waals surface area contributed by atoms with Crippen LogP contribution in [0.2, 0.25) is 0 Å². The maximum absolute atomic E-state index is 10.6. The van der Waals surface area contributed by atoms with Crippen LogP contribution in [0, 0.1) is 0 Å². The van der Waals surface area contributed by atoms with Gasteiger partial charge in [-0.1, -0.05) is 11.3 Å². The highest BCUT2D eigenvalue weighted by Gasteiger charge is 2.08. The molecule has 0 spiro atoms. The third kappa shape index (κ3) is 3.93. The fraction of sp³-hybridized carbons (Fsp3) is 0.500. The summed E-state index contributed by atoms with van der Waals surface area (Å²) in [5.74, 6) is -0.0695. The van der Waals surface area contributed by atoms with Gasteiger partial charge in [0.05, 0.1) is 12.9 Å². The fourth-order valence-corrected chi connectivity index (χ4v) is 2.27. The molecule has 0 saturated carbocycles. The van der Waals surface area contributed by atoms with Crippen LogP contribution in [0.5, 0.6) is 5.19 Å². The van der Waals surface area contributed by atoms with Gasteiger partial charge in [0.25, 0.3) is 5.19 Å². The first kappa shape index (κ1) is 10.7. The minimum atomic E-state index is -3.41. The molecule has 0 bridgehead atoms. The second-order valence-electron chi connectivity index (χ2n) is 2.29. The topological polar surface area (TPSA) is 56.3 Å². The summed E-state index contributed by atoms with van der Waals surface area (Å²) in [4.78, 5) is 4.74. The molecule has 1 rings (SSSR count). The van der Waals surface area contributed by atoms with Crippen molar-refractivity contribution in [2.24, 2.45) is 0 Å². The molecule has 0 N–H and O–H groups in total. The van der Waals surface area contributed by atoms with Crippen molar-refractivity contribution in [3.8, 4) is 5.19 Å². The molecule has 0 radical (unpaired) electrons. The summed E-state index contributed by atoms with van der Waals surface area (Å²) >= 11 is 1.32. The van der Waals surface area contributed by atoms with E-state index in [0.29, 0.717) is 11.6 Å². The molecule has 0 aliphatic carbocycles. The standard InChI is InChI=1S/C6H8ClNO3S2/c1-11-6-8-4-5(12-6)2-3-13(7,9)10/h4H,2-3H2,1H3. The highest BCUT2D eigenvalue weighted by Crippen LogP contribution is 2.20. The largest absolute Gasteiger partial charge is 0.473 e. The molecule has 0 unspecified atom stereocenters. The number of hydrogen-bond donors (Lipinski definition) is 0. The summed E-state index contributed by atoms with van der Waals surface area (Å²) in [5.41, 5.74) is 0. The number of methoxy groups -OCH3 is 1. The van der Waals surface area contributed by atoms with E-state index in [-0.39, 0.29) is 5.75 Å². The van der Waals surface area contributed by atoms with Gasteiger partial charge in [-0.05, 0) is 6.42 Å². The van der Waals surface area contributed by atoms with Crippen molar-refractivity contribution < 1.29 is 13.2 Å². The van der Waals surface area contributed by atoms with Crippen molar-refractivity contribution in [1.82, 2.24) is 4.98 Å². The number of thiazole rings is 1. The lowest BCUT2D eigenvalue weighted by atomic mass is 10.4. The van der Waals surface area contributed by atoms with Crippen LogP contribution in [-0.4, -0.2) is 26.3 Å². The molecule has 1 aromatic heterocycles. The molecule has 0 amide bonds. The van der Waals surface area contributed by atoms with Crippen molar-refractivity contribution in [1.29, 1.82) is 0 Å². The predicted octanol–water partition coefficient (Wildman–Crippen LogP) is 1.26. The SMILES string of the molecule is COc1ncc(CCS(=O)(=O)Cl)s1. The number of aromatic nitrogens is 1. The molecule has 13 heavy (non-hydrogen) atoms. The molecule has 7 heteroatoms. The van der Waals surface area contributed by atoms with E-state index < -0.39 is 9.05 Å². The number of nitrogens with zero attached hydrogens (tertiary/aromatic N) is 1. The number of rotatable bonds is 4. The number of aryl methyl sites for hydroxylation is 1. The van der Waals surface area contributed by atoms with E-state index in [0.717, 1.165) is 4.88 Å². The highest BCUT2D eigenvalue weighted by molar-refractivity contribution is 8.13. The summed E-state index contributed by atoms with van der Waals surface area (Å²) in [6.45, 7) is 0. The average molecular weight is 242 g/mol. The van der Waals surface area contributed by atoms with Gasteiger partial charge in [0.2, 0.25) is 9.05 Å². The van der Waals surface area contributed by atoms with Gasteiger partial charge in [0, 0.05) is 21.8 Å². The van der Waals surface area contributed by atoms with Crippen LogP contribution in [0.25, 0.3) is 0 Å². The second kappa shape index (κ2) is 4.26. The van der Waals surface area contributed by atoms with Gasteiger partial charge in [-0.2, -0.15) is 0 Å². The first-order chi connectivity index (χ1) is 6.01. The zero-order chi connectivity index (χ0) is 9.90. The summed E-state index contributed by atoms with van der Waals surface area (Å²) in [5, 5.41) is 0.530. The van der Waals surface area contributed by atoms with E-state index in [4.69, 9.17) is 15.4 Å². The zero-order valence-electron chi connectivity index (χ0n) is 6.86. The molecule has 0 aliphatic rings. The molecule has 0 fully saturated rings. The van der Waals surface area contributed by atoms with Crippen LogP contribution in [0.15, 0.2) is 6.20 Å². The van der Waals surface area contributed by atoms with Crippen molar-refractivity contribution in [2.45, 2.75) is 6.42 Å². The summed E-state index contributed by atoms with van der Waals surface area (Å²) in [7, 11) is 3.15. The Balaban J connectivity index is 2.55. The summed E-state index contributed by atoms with van der Waals surface area (Å²) in [6.07, 6.45) is 1.97. The Kier molecular flexibility index (Phi) is 3.52. The number of hydrogen-bond acceptors (Lipinski definition) is 5. The number of ether oxygens (including phenoxy) is 1. The lowest BCUT2D eigenvalue weighted by Crippen LogP contribution is -1.99. The van der Waals surface area contributed by atoms with E-state index >= 15 is 0 Å². The van der Waals surface area contributed by atoms with Gasteiger partial charge < -0.3 is 4.74 Å². The Hall–Kier alpha value is -0.330. The molecular weight excluding hydrogens is 234 g/mol. The molecule has 0 aromatic carbocycles. The summed E-state index contributed by atoms with van der Waals surface area (Å²) in [6, 6.07) is 0. The van der Waals surface area contributed by atoms with Crippen LogP contribution in [0.3, 0.4) is 0 Å². The molecule has 1 heterocycles. The zero-order valence-corrected chi connectivity index (χ0v) is 9.25. The van der Waals surface area contributed by atoms with Crippen LogP contribution in [0.4, 0.5) is 0 Å². The van der Waals surface area contributed by atoms with Gasteiger partial charge in [0.15, 0.2) is 0 Å². The highest BCUT2D eigenvalue weighted by atomic mass is 35.7. The Morgan fingerprint density at radius 1 is 1.69 bits per heavy atom. The van der Waals surface area contributed by atoms with Crippen molar-refractivity contribution >= 4 is 31.1 Å². The summed E-state index contributed by atoms with van der Waals surface area (Å²) < 4.78 is 26.1. The molecule has 0 saturated heterocycles. The van der Waals surface area contributed by atoms with E-state index in [1.807, 2.05) is 0 Å². The molecule has 0 aliphatic heterocycles. The maximum Gasteiger partial charge on any atom is 0.273 e. The fourth-order valence-electron chi connectivity index (χ4n) is 0.722. The number of halogens is 1. The normalized spacial score (nSPS) is 11.5. The smallest absolute Gasteiger partial charge is 0.273 e. The molecule has 74 valence electrons. The van der Waals surface area contributed by atoms with Gasteiger partial charge in [-0.15, -0.1) is 0 Å². The van der Waals surface area contributed by atoms with Crippen molar-refractivity contribution in [3.63, 3.8) is 0 Å². The third-order valence-corrected chi connectivity index (χ3v) is 3.47. The van der Waals surface area contributed by atoms with E-state index in [9.17, 15) is 8.42 Å². The van der Waals surface area contributed by atoms with Crippen molar-refractivity contribution in [2.75, 3.05) is 12.9 Å². The van der Waals surface area contributed by atoms with E-state index in [1.165, 1.54) is 18.4 Å². The first-order valence-electron chi connectivity index (χ1n) is 3.42. The van der Waals surface area contributed by atoms with Gasteiger partial charge in [-0.25, -0.2) is 13.4 Å². The van der Waals surface area contributed by atoms with E-state index in [2.05, 4.69) is 4.98 Å². The predicted molar refractivity (Wildman–Crippen MR) is 52.0 cm³/mol. The monoisotopic (exact) mass is 241 g/mol. The van der Waals surface area contributed by atoms with Crippen molar-refractivity contribution in [3.05, 3.63) is 11.1 Å². The minimum absolute atomic E-state index is 0.0695. The van der Waals surface area contributed by atoms with Crippen LogP contribution >= 0.6 is 22.0 Å². The van der Waals surface area contributed by atoms with Crippen LogP contribution in [0.1, 0.15) is 4.88 Å². The van der Waals surface area contributed by atoms with Gasteiger partial charge >= 0.3 is 0 Å². The average Bonchev–Trinajstić information content (AvgIpc) is 2.47. The molecule has 1 aromatic rings. The van der Waals surface area contributed by atoms with Crippen LogP contribution in [-0.2, 0) is 15.5 Å². The third-order valence-electron chi connectivity index (χ3n) is 1.30. The Morgan fingerprint density at radius 2 is 2.38 bits per heavy atom. The Bertz CT molecular complexity index is 373. The second-order valence-corrected chi connectivity index (χ2v) is 6.26. The molecular formula is C6H8ClNO3S2. The quantitative estimate of drug-likeness (QED) is 0.745. The lowest BCUT2D eigenvalue weighted by Gasteiger charge is -1.91. The Morgan fingerprint density at radius 3 is 2.85 bits per heavy atom. The van der Waals surface area contributed by atoms with E-state index in [1.54, 1.807) is 6.20 Å². The lowest BCUT2D eigenvalue weighted by molar-refractivity contribution is 0.412. The molecule has 4 nitrogen and oxygen atoms in total. The Labute approximate surface area is 84.9 Å². The van der Waals surface area contributed by atoms with Gasteiger partial charge in [-0.3, -0.25) is 0 Å². The first-order valence-corrected chi connectivity index (χ1v) is 6.72.